The summed E-state index contributed by atoms with van der Waals surface area (Å²) < 4.78 is 68.1. The summed E-state index contributed by atoms with van der Waals surface area (Å²) in [5.41, 5.74) is -0.640. The summed E-state index contributed by atoms with van der Waals surface area (Å²) in [6.45, 7) is 0. The number of para-hydroxylation sites is 3. The number of alkyl halides is 3. The van der Waals surface area contributed by atoms with Gasteiger partial charge in [-0.25, -0.2) is 17.4 Å². The van der Waals surface area contributed by atoms with Gasteiger partial charge < -0.3 is 5.32 Å². The van der Waals surface area contributed by atoms with Gasteiger partial charge in [-0.1, -0.05) is 52.0 Å². The Bertz CT molecular complexity index is 1470. The first-order chi connectivity index (χ1) is 16.1. The van der Waals surface area contributed by atoms with Crippen LogP contribution >= 0.6 is 27.7 Å². The smallest absolute Gasteiger partial charge is 0.325 e. The lowest BCUT2D eigenvalue weighted by molar-refractivity contribution is -0.137. The molecule has 176 valence electrons. The lowest BCUT2D eigenvalue weighted by Gasteiger charge is -2.13. The highest BCUT2D eigenvalue weighted by atomic mass is 79.9. The van der Waals surface area contributed by atoms with Crippen molar-refractivity contribution in [3.63, 3.8) is 0 Å². The van der Waals surface area contributed by atoms with Gasteiger partial charge in [0.25, 0.3) is 10.0 Å². The number of hydrogen-bond acceptors (Lipinski definition) is 5. The van der Waals surface area contributed by atoms with Gasteiger partial charge in [-0.2, -0.15) is 13.2 Å². The molecule has 4 aromatic rings. The minimum atomic E-state index is -4.64. The van der Waals surface area contributed by atoms with Crippen LogP contribution < -0.4 is 5.32 Å². The largest absolute Gasteiger partial charge is 0.418 e. The standard InChI is InChI=1S/C22H15BrF3N3O3S2/c23-14-9-11-15(12-10-14)34(31,32)29-19-8-4-3-7-18(19)28-21(29)33-13-20(30)27-17-6-2-1-5-16(17)22(24,25)26/h1-12H,13H2,(H,27,30). The van der Waals surface area contributed by atoms with Gasteiger partial charge >= 0.3 is 6.18 Å². The maximum atomic E-state index is 13.4. The molecule has 0 atom stereocenters. The second-order valence-corrected chi connectivity index (χ2v) is 10.6. The van der Waals surface area contributed by atoms with Crippen LogP contribution in [0.2, 0.25) is 0 Å². The van der Waals surface area contributed by atoms with Gasteiger partial charge in [0, 0.05) is 4.47 Å². The van der Waals surface area contributed by atoms with Gasteiger partial charge in [0.1, 0.15) is 0 Å². The molecule has 0 saturated heterocycles. The molecule has 12 heteroatoms. The zero-order chi connectivity index (χ0) is 24.5. The Kier molecular flexibility index (Phi) is 6.74. The van der Waals surface area contributed by atoms with Crippen LogP contribution in [0.3, 0.4) is 0 Å². The highest BCUT2D eigenvalue weighted by Gasteiger charge is 2.33. The van der Waals surface area contributed by atoms with Crippen LogP contribution in [0, 0.1) is 0 Å². The molecule has 0 fully saturated rings. The first kappa shape index (κ1) is 24.3. The second kappa shape index (κ2) is 9.43. The summed E-state index contributed by atoms with van der Waals surface area (Å²) in [5.74, 6) is -1.09. The van der Waals surface area contributed by atoms with Gasteiger partial charge in [-0.05, 0) is 48.5 Å². The van der Waals surface area contributed by atoms with E-state index in [4.69, 9.17) is 0 Å². The molecule has 0 radical (unpaired) electrons. The highest BCUT2D eigenvalue weighted by Crippen LogP contribution is 2.35. The van der Waals surface area contributed by atoms with Gasteiger partial charge in [-0.15, -0.1) is 0 Å². The van der Waals surface area contributed by atoms with Crippen molar-refractivity contribution in [3.05, 3.63) is 82.8 Å². The average molecular weight is 570 g/mol. The van der Waals surface area contributed by atoms with Crippen LogP contribution in [0.5, 0.6) is 0 Å². The minimum Gasteiger partial charge on any atom is -0.325 e. The molecule has 34 heavy (non-hydrogen) atoms. The second-order valence-electron chi connectivity index (χ2n) is 6.99. The number of nitrogens with one attached hydrogen (secondary N) is 1. The molecule has 6 nitrogen and oxygen atoms in total. The lowest BCUT2D eigenvalue weighted by Crippen LogP contribution is -2.19. The first-order valence-corrected chi connectivity index (χ1v) is 12.9. The summed E-state index contributed by atoms with van der Waals surface area (Å²) in [4.78, 5) is 16.8. The molecular formula is C22H15BrF3N3O3S2. The predicted molar refractivity (Wildman–Crippen MR) is 127 cm³/mol. The van der Waals surface area contributed by atoms with E-state index in [-0.39, 0.29) is 21.5 Å². The zero-order valence-corrected chi connectivity index (χ0v) is 20.3. The van der Waals surface area contributed by atoms with E-state index in [0.717, 1.165) is 27.9 Å². The topological polar surface area (TPSA) is 81.1 Å². The number of hydrogen-bond donors (Lipinski definition) is 1. The molecule has 4 rings (SSSR count). The summed E-state index contributed by atoms with van der Waals surface area (Å²) in [6, 6.07) is 17.2. The molecule has 0 aliphatic rings. The number of benzene rings is 3. The van der Waals surface area contributed by atoms with E-state index in [1.165, 1.54) is 24.3 Å². The van der Waals surface area contributed by atoms with Crippen LogP contribution in [-0.4, -0.2) is 29.0 Å². The van der Waals surface area contributed by atoms with Crippen LogP contribution in [0.4, 0.5) is 18.9 Å². The summed E-state index contributed by atoms with van der Waals surface area (Å²) in [7, 11) is -4.07. The Hall–Kier alpha value is -2.83. The molecule has 1 N–H and O–H groups in total. The summed E-state index contributed by atoms with van der Waals surface area (Å²) in [5, 5.41) is 2.26. The van der Waals surface area contributed by atoms with Crippen LogP contribution in [0.1, 0.15) is 5.56 Å². The van der Waals surface area contributed by atoms with Crippen molar-refractivity contribution in [1.29, 1.82) is 0 Å². The number of amides is 1. The predicted octanol–water partition coefficient (Wildman–Crippen LogP) is 5.79. The van der Waals surface area contributed by atoms with E-state index < -0.39 is 27.7 Å². The molecule has 0 unspecified atom stereocenters. The number of thioether (sulfide) groups is 1. The third-order valence-corrected chi connectivity index (χ3v) is 7.98. The average Bonchev–Trinajstić information content (AvgIpc) is 3.17. The molecule has 0 aliphatic carbocycles. The number of aromatic nitrogens is 2. The van der Waals surface area contributed by atoms with Gasteiger partial charge in [0.05, 0.1) is 32.9 Å². The third kappa shape index (κ3) is 4.98. The minimum absolute atomic E-state index is 0.0170. The number of rotatable bonds is 6. The number of carbonyl (C=O) groups is 1. The Morgan fingerprint density at radius 1 is 1.00 bits per heavy atom. The van der Waals surface area contributed by atoms with Gasteiger partial charge in [0.2, 0.25) is 5.91 Å². The number of halogens is 4. The molecule has 1 heterocycles. The number of anilines is 1. The quantitative estimate of drug-likeness (QED) is 0.297. The number of nitrogens with zero attached hydrogens (tertiary/aromatic N) is 2. The molecule has 0 saturated carbocycles. The maximum Gasteiger partial charge on any atom is 0.418 e. The van der Waals surface area contributed by atoms with Crippen molar-refractivity contribution < 1.29 is 26.4 Å². The fraction of sp³-hybridized carbons (Fsp3) is 0.0909. The fourth-order valence-electron chi connectivity index (χ4n) is 3.17. The van der Waals surface area contributed by atoms with E-state index >= 15 is 0 Å². The molecule has 0 aliphatic heterocycles. The lowest BCUT2D eigenvalue weighted by atomic mass is 10.1. The Balaban J connectivity index is 1.64. The first-order valence-electron chi connectivity index (χ1n) is 9.65. The van der Waals surface area contributed by atoms with Crippen molar-refractivity contribution in [2.24, 2.45) is 0 Å². The van der Waals surface area contributed by atoms with Crippen molar-refractivity contribution in [2.45, 2.75) is 16.2 Å². The van der Waals surface area contributed by atoms with Crippen molar-refractivity contribution in [2.75, 3.05) is 11.1 Å². The SMILES string of the molecule is O=C(CSc1nc2ccccc2n1S(=O)(=O)c1ccc(Br)cc1)Nc1ccccc1C(F)(F)F. The fourth-order valence-corrected chi connectivity index (χ4v) is 5.95. The van der Waals surface area contributed by atoms with E-state index in [1.54, 1.807) is 36.4 Å². The Morgan fingerprint density at radius 2 is 1.65 bits per heavy atom. The molecule has 0 spiro atoms. The van der Waals surface area contributed by atoms with Crippen LogP contribution in [-0.2, 0) is 21.0 Å². The Morgan fingerprint density at radius 3 is 2.35 bits per heavy atom. The van der Waals surface area contributed by atoms with Crippen molar-refractivity contribution in [3.8, 4) is 0 Å². The summed E-state index contributed by atoms with van der Waals surface area (Å²) >= 11 is 4.08. The number of imidazole rings is 1. The van der Waals surface area contributed by atoms with E-state index in [0.29, 0.717) is 15.5 Å². The van der Waals surface area contributed by atoms with E-state index in [2.05, 4.69) is 26.2 Å². The van der Waals surface area contributed by atoms with Crippen molar-refractivity contribution >= 4 is 60.3 Å². The van der Waals surface area contributed by atoms with Gasteiger partial charge in [0.15, 0.2) is 5.16 Å². The highest BCUT2D eigenvalue weighted by molar-refractivity contribution is 9.10. The third-order valence-electron chi connectivity index (χ3n) is 4.68. The summed E-state index contributed by atoms with van der Waals surface area (Å²) in [6.07, 6.45) is -4.64. The molecule has 0 bridgehead atoms. The van der Waals surface area contributed by atoms with Crippen molar-refractivity contribution in [1.82, 2.24) is 8.96 Å². The number of carbonyl (C=O) groups excluding carboxylic acids is 1. The molecule has 3 aromatic carbocycles. The monoisotopic (exact) mass is 569 g/mol. The van der Waals surface area contributed by atoms with Crippen LogP contribution in [0.15, 0.2) is 87.3 Å². The van der Waals surface area contributed by atoms with Crippen LogP contribution in [0.25, 0.3) is 11.0 Å². The normalized spacial score (nSPS) is 12.1. The molecular weight excluding hydrogens is 555 g/mol. The maximum absolute atomic E-state index is 13.4. The van der Waals surface area contributed by atoms with E-state index in [1.807, 2.05) is 0 Å². The Labute approximate surface area is 205 Å². The van der Waals surface area contributed by atoms with E-state index in [9.17, 15) is 26.4 Å². The zero-order valence-electron chi connectivity index (χ0n) is 17.1. The number of fused-ring (bicyclic) bond motifs is 1. The molecule has 1 aromatic heterocycles. The van der Waals surface area contributed by atoms with Gasteiger partial charge in [-0.3, -0.25) is 4.79 Å². The molecule has 1 amide bonds.